The summed E-state index contributed by atoms with van der Waals surface area (Å²) in [4.78, 5) is 3.78. The fraction of sp³-hybridized carbons (Fsp3) is 0.143. The number of benzene rings is 1. The van der Waals surface area contributed by atoms with Crippen molar-refractivity contribution in [1.29, 1.82) is 5.26 Å². The second-order valence-electron chi connectivity index (χ2n) is 3.72. The van der Waals surface area contributed by atoms with Crippen LogP contribution in [0.15, 0.2) is 36.5 Å². The van der Waals surface area contributed by atoms with Gasteiger partial charge in [-0.25, -0.2) is 9.37 Å². The predicted molar refractivity (Wildman–Crippen MR) is 63.7 cm³/mol. The monoisotopic (exact) mass is 226 g/mol. The third-order valence-corrected chi connectivity index (χ3v) is 2.64. The van der Waals surface area contributed by atoms with Crippen molar-refractivity contribution < 1.29 is 4.39 Å². The van der Waals surface area contributed by atoms with Gasteiger partial charge in [0.2, 0.25) is 0 Å². The summed E-state index contributed by atoms with van der Waals surface area (Å²) >= 11 is 0. The molecule has 3 heteroatoms. The van der Waals surface area contributed by atoms with E-state index >= 15 is 0 Å². The molecule has 0 bridgehead atoms. The van der Waals surface area contributed by atoms with E-state index in [9.17, 15) is 4.39 Å². The molecule has 0 fully saturated rings. The van der Waals surface area contributed by atoms with Crippen molar-refractivity contribution in [1.82, 2.24) is 4.98 Å². The van der Waals surface area contributed by atoms with Crippen LogP contribution in [0.25, 0.3) is 11.1 Å². The lowest BCUT2D eigenvalue weighted by Crippen LogP contribution is -1.90. The van der Waals surface area contributed by atoms with Gasteiger partial charge in [0.05, 0.1) is 0 Å². The summed E-state index contributed by atoms with van der Waals surface area (Å²) in [5, 5.41) is 8.60. The number of rotatable bonds is 2. The zero-order valence-electron chi connectivity index (χ0n) is 9.44. The fourth-order valence-electron chi connectivity index (χ4n) is 1.61. The normalized spacial score (nSPS) is 9.94. The van der Waals surface area contributed by atoms with Gasteiger partial charge in [0.25, 0.3) is 0 Å². The third-order valence-electron chi connectivity index (χ3n) is 2.64. The van der Waals surface area contributed by atoms with Crippen LogP contribution < -0.4 is 0 Å². The van der Waals surface area contributed by atoms with Crippen LogP contribution in [0.3, 0.4) is 0 Å². The molecule has 84 valence electrons. The zero-order valence-corrected chi connectivity index (χ0v) is 9.44. The zero-order chi connectivity index (χ0) is 12.3. The van der Waals surface area contributed by atoms with Crippen LogP contribution >= 0.6 is 0 Å². The number of hydrogen-bond acceptors (Lipinski definition) is 2. The Morgan fingerprint density at radius 1 is 1.24 bits per heavy atom. The van der Waals surface area contributed by atoms with Crippen LogP contribution in [0.1, 0.15) is 18.2 Å². The molecule has 0 saturated carbocycles. The molecule has 2 nitrogen and oxygen atoms in total. The average molecular weight is 226 g/mol. The van der Waals surface area contributed by atoms with E-state index < -0.39 is 5.82 Å². The highest BCUT2D eigenvalue weighted by atomic mass is 19.1. The van der Waals surface area contributed by atoms with E-state index in [-0.39, 0.29) is 5.69 Å². The maximum Gasteiger partial charge on any atom is 0.176 e. The molecule has 0 radical (unpaired) electrons. The summed E-state index contributed by atoms with van der Waals surface area (Å²) in [7, 11) is 0. The summed E-state index contributed by atoms with van der Waals surface area (Å²) < 4.78 is 13.4. The first-order valence-electron chi connectivity index (χ1n) is 5.39. The van der Waals surface area contributed by atoms with Gasteiger partial charge in [-0.2, -0.15) is 5.26 Å². The molecule has 2 rings (SSSR count). The van der Waals surface area contributed by atoms with E-state index in [1.807, 2.05) is 24.3 Å². The maximum absolute atomic E-state index is 13.4. The van der Waals surface area contributed by atoms with Gasteiger partial charge in [0.1, 0.15) is 6.07 Å². The quantitative estimate of drug-likeness (QED) is 0.787. The number of pyridine rings is 1. The van der Waals surface area contributed by atoms with Crippen LogP contribution in [-0.2, 0) is 6.42 Å². The topological polar surface area (TPSA) is 36.7 Å². The summed E-state index contributed by atoms with van der Waals surface area (Å²) in [5.41, 5.74) is 2.65. The molecular formula is C14H11FN2. The van der Waals surface area contributed by atoms with Crippen molar-refractivity contribution in [2.24, 2.45) is 0 Å². The van der Waals surface area contributed by atoms with E-state index in [0.717, 1.165) is 12.0 Å². The van der Waals surface area contributed by atoms with Crippen LogP contribution in [0.2, 0.25) is 0 Å². The highest BCUT2D eigenvalue weighted by Gasteiger charge is 2.05. The summed E-state index contributed by atoms with van der Waals surface area (Å²) in [6, 6.07) is 10.9. The van der Waals surface area contributed by atoms with E-state index in [1.165, 1.54) is 17.8 Å². The first-order valence-corrected chi connectivity index (χ1v) is 5.39. The molecule has 0 spiro atoms. The fourth-order valence-corrected chi connectivity index (χ4v) is 1.61. The summed E-state index contributed by atoms with van der Waals surface area (Å²) in [6.45, 7) is 2.08. The van der Waals surface area contributed by atoms with Gasteiger partial charge >= 0.3 is 0 Å². The van der Waals surface area contributed by atoms with Crippen molar-refractivity contribution in [2.75, 3.05) is 0 Å². The second-order valence-corrected chi connectivity index (χ2v) is 3.72. The van der Waals surface area contributed by atoms with Gasteiger partial charge in [0.15, 0.2) is 11.5 Å². The molecule has 0 aliphatic heterocycles. The lowest BCUT2D eigenvalue weighted by Gasteiger charge is -2.03. The largest absolute Gasteiger partial charge is 0.242 e. The maximum atomic E-state index is 13.4. The molecule has 0 N–H and O–H groups in total. The summed E-state index contributed by atoms with van der Waals surface area (Å²) in [6.07, 6.45) is 2.49. The first-order chi connectivity index (χ1) is 8.24. The molecule has 0 aliphatic rings. The number of nitriles is 1. The smallest absolute Gasteiger partial charge is 0.176 e. The molecule has 0 atom stereocenters. The Balaban J connectivity index is 2.40. The van der Waals surface area contributed by atoms with E-state index in [4.69, 9.17) is 5.26 Å². The molecule has 0 saturated heterocycles. The summed E-state index contributed by atoms with van der Waals surface area (Å²) in [5.74, 6) is -0.579. The lowest BCUT2D eigenvalue weighted by molar-refractivity contribution is 0.617. The molecule has 1 heterocycles. The highest BCUT2D eigenvalue weighted by Crippen LogP contribution is 2.20. The molecule has 1 aromatic heterocycles. The van der Waals surface area contributed by atoms with Crippen molar-refractivity contribution in [3.63, 3.8) is 0 Å². The van der Waals surface area contributed by atoms with Crippen molar-refractivity contribution in [2.45, 2.75) is 13.3 Å². The molecular weight excluding hydrogens is 215 g/mol. The SMILES string of the molecule is CCc1ccc(-c2cnc(C#N)c(F)c2)cc1. The standard InChI is InChI=1S/C14H11FN2/c1-2-10-3-5-11(6-4-10)12-7-13(15)14(8-16)17-9-12/h3-7,9H,2H2,1H3. The third kappa shape index (κ3) is 2.31. The minimum Gasteiger partial charge on any atom is -0.242 e. The number of nitrogens with zero attached hydrogens (tertiary/aromatic N) is 2. The molecule has 2 aromatic rings. The molecule has 0 unspecified atom stereocenters. The van der Waals surface area contributed by atoms with Crippen molar-refractivity contribution >= 4 is 0 Å². The van der Waals surface area contributed by atoms with Gasteiger partial charge in [-0.3, -0.25) is 0 Å². The number of hydrogen-bond donors (Lipinski definition) is 0. The first kappa shape index (κ1) is 11.3. The lowest BCUT2D eigenvalue weighted by atomic mass is 10.0. The number of aromatic nitrogens is 1. The van der Waals surface area contributed by atoms with Gasteiger partial charge in [-0.15, -0.1) is 0 Å². The van der Waals surface area contributed by atoms with Gasteiger partial charge < -0.3 is 0 Å². The number of halogens is 1. The Bertz CT molecular complexity index is 568. The Morgan fingerprint density at radius 2 is 1.94 bits per heavy atom. The Labute approximate surface area is 99.4 Å². The Morgan fingerprint density at radius 3 is 2.47 bits per heavy atom. The Kier molecular flexibility index (Phi) is 3.15. The minimum atomic E-state index is -0.579. The second kappa shape index (κ2) is 4.75. The van der Waals surface area contributed by atoms with Crippen LogP contribution in [-0.4, -0.2) is 4.98 Å². The predicted octanol–water partition coefficient (Wildman–Crippen LogP) is 3.32. The van der Waals surface area contributed by atoms with E-state index in [0.29, 0.717) is 5.56 Å². The van der Waals surface area contributed by atoms with Crippen LogP contribution in [0.5, 0.6) is 0 Å². The molecule has 0 amide bonds. The minimum absolute atomic E-state index is 0.168. The highest BCUT2D eigenvalue weighted by molar-refractivity contribution is 5.63. The van der Waals surface area contributed by atoms with Gasteiger partial charge in [-0.1, -0.05) is 31.2 Å². The van der Waals surface area contributed by atoms with Crippen LogP contribution in [0, 0.1) is 17.1 Å². The number of aryl methyl sites for hydroxylation is 1. The van der Waals surface area contributed by atoms with Crippen molar-refractivity contribution in [3.05, 3.63) is 53.6 Å². The van der Waals surface area contributed by atoms with Gasteiger partial charge in [0, 0.05) is 11.8 Å². The Hall–Kier alpha value is -2.21. The van der Waals surface area contributed by atoms with E-state index in [2.05, 4.69) is 11.9 Å². The molecule has 1 aromatic carbocycles. The van der Waals surface area contributed by atoms with Gasteiger partial charge in [-0.05, 0) is 23.6 Å². The average Bonchev–Trinajstić information content (AvgIpc) is 2.39. The van der Waals surface area contributed by atoms with Crippen molar-refractivity contribution in [3.8, 4) is 17.2 Å². The molecule has 17 heavy (non-hydrogen) atoms. The van der Waals surface area contributed by atoms with Crippen LogP contribution in [0.4, 0.5) is 4.39 Å². The molecule has 0 aliphatic carbocycles. The van der Waals surface area contributed by atoms with E-state index in [1.54, 1.807) is 6.07 Å².